The highest BCUT2D eigenvalue weighted by Crippen LogP contribution is 2.36. The number of nitrogens with zero attached hydrogens (tertiary/aromatic N) is 4. The van der Waals surface area contributed by atoms with Crippen molar-refractivity contribution in [3.63, 3.8) is 0 Å². The molecule has 1 saturated heterocycles. The normalized spacial score (nSPS) is 16.0. The van der Waals surface area contributed by atoms with Crippen LogP contribution < -0.4 is 25.4 Å². The first-order valence-corrected chi connectivity index (χ1v) is 23.8. The average molecular weight is 957 g/mol. The molecule has 342 valence electrons. The number of aliphatic hydroxyl groups excluding tert-OH is 1. The van der Waals surface area contributed by atoms with Crippen molar-refractivity contribution in [1.82, 2.24) is 30.5 Å². The van der Waals surface area contributed by atoms with Gasteiger partial charge in [-0.3, -0.25) is 14.4 Å². The van der Waals surface area contributed by atoms with Crippen LogP contribution in [0.15, 0.2) is 70.6 Å². The first-order valence-electron chi connectivity index (χ1n) is 22.2. The second kappa shape index (κ2) is 22.2. The standard InChI is InChI=1S/C49H62BrN7O6S/c1-30(35-15-14-16-36(50)23-35)53-46-38-25-41(62-7)42(26-39(38)54-32(3)55-46)63-22-13-11-9-8-10-12-17-43(59)56-45(49(4,5)6)48(61)57-28-37(58)24-40(57)47(60)51-27-33-18-20-34(21-19-33)44-31(2)52-29-64-44/h14-16,18-21,23,25-26,29-30,37,40,45,58H,8-13,17,22,24,27-28H2,1-7H3,(H,51,60)(H,56,59)(H,53,54,55)/t30-,37-,40+,45-/m1/s1. The Morgan fingerprint density at radius 3 is 2.39 bits per heavy atom. The van der Waals surface area contributed by atoms with Crippen molar-refractivity contribution in [2.45, 2.75) is 124 Å². The lowest BCUT2D eigenvalue weighted by Crippen LogP contribution is -2.57. The lowest BCUT2D eigenvalue weighted by Gasteiger charge is -2.35. The molecule has 2 aromatic heterocycles. The van der Waals surface area contributed by atoms with E-state index in [2.05, 4.69) is 60.9 Å². The molecule has 13 nitrogen and oxygen atoms in total. The molecule has 15 heteroatoms. The quantitative estimate of drug-likeness (QED) is 0.0553. The number of anilines is 1. The summed E-state index contributed by atoms with van der Waals surface area (Å²) in [4.78, 5) is 57.0. The summed E-state index contributed by atoms with van der Waals surface area (Å²) in [6.45, 7) is 12.5. The third kappa shape index (κ3) is 12.8. The molecular formula is C49H62BrN7O6S. The van der Waals surface area contributed by atoms with Crippen molar-refractivity contribution in [2.24, 2.45) is 5.41 Å². The molecule has 1 aliphatic heterocycles. The highest BCUT2D eigenvalue weighted by Gasteiger charge is 2.44. The largest absolute Gasteiger partial charge is 0.493 e. The number of β-amino-alcohol motifs (C(OH)–C–C–N with tert-alkyl or cyclic N) is 1. The first kappa shape index (κ1) is 48.3. The fraction of sp³-hybridized carbons (Fsp3) is 0.469. The molecule has 3 heterocycles. The number of carbonyl (C=O) groups excluding carboxylic acids is 3. The van der Waals surface area contributed by atoms with Crippen molar-refractivity contribution in [2.75, 3.05) is 25.6 Å². The van der Waals surface area contributed by atoms with E-state index in [1.54, 1.807) is 18.4 Å². The molecule has 3 amide bonds. The van der Waals surface area contributed by atoms with Gasteiger partial charge in [0.2, 0.25) is 17.7 Å². The molecule has 3 aromatic carbocycles. The molecule has 0 radical (unpaired) electrons. The molecule has 0 spiro atoms. The van der Waals surface area contributed by atoms with Crippen LogP contribution in [-0.4, -0.2) is 81.1 Å². The topological polar surface area (TPSA) is 168 Å². The highest BCUT2D eigenvalue weighted by molar-refractivity contribution is 9.10. The van der Waals surface area contributed by atoms with E-state index in [9.17, 15) is 19.5 Å². The number of unbranched alkanes of at least 4 members (excludes halogenated alkanes) is 5. The average Bonchev–Trinajstić information content (AvgIpc) is 3.88. The molecule has 0 aliphatic carbocycles. The summed E-state index contributed by atoms with van der Waals surface area (Å²) in [5.41, 5.74) is 6.06. The number of aromatic nitrogens is 3. The van der Waals surface area contributed by atoms with Gasteiger partial charge in [-0.15, -0.1) is 11.3 Å². The van der Waals surface area contributed by atoms with Crippen molar-refractivity contribution >= 4 is 61.7 Å². The zero-order valence-corrected chi connectivity index (χ0v) is 40.4. The third-order valence-electron chi connectivity index (χ3n) is 11.6. The van der Waals surface area contributed by atoms with Crippen LogP contribution in [0.1, 0.15) is 108 Å². The molecule has 64 heavy (non-hydrogen) atoms. The zero-order valence-electron chi connectivity index (χ0n) is 38.0. The minimum atomic E-state index is -0.856. The third-order valence-corrected chi connectivity index (χ3v) is 13.0. The maximum Gasteiger partial charge on any atom is 0.246 e. The van der Waals surface area contributed by atoms with Gasteiger partial charge in [0.15, 0.2) is 11.5 Å². The van der Waals surface area contributed by atoms with Crippen LogP contribution >= 0.6 is 27.3 Å². The number of benzene rings is 3. The molecule has 4 N–H and O–H groups in total. The van der Waals surface area contributed by atoms with Gasteiger partial charge >= 0.3 is 0 Å². The molecule has 4 atom stereocenters. The number of fused-ring (bicyclic) bond motifs is 1. The van der Waals surface area contributed by atoms with E-state index in [1.165, 1.54) is 4.90 Å². The van der Waals surface area contributed by atoms with Crippen LogP contribution in [0.4, 0.5) is 5.82 Å². The molecule has 6 rings (SSSR count). The number of hydrogen-bond donors (Lipinski definition) is 4. The van der Waals surface area contributed by atoms with E-state index >= 15 is 0 Å². The predicted octanol–water partition coefficient (Wildman–Crippen LogP) is 9.23. The summed E-state index contributed by atoms with van der Waals surface area (Å²) in [5.74, 6) is 1.74. The van der Waals surface area contributed by atoms with Gasteiger partial charge in [-0.05, 0) is 73.9 Å². The zero-order chi connectivity index (χ0) is 46.0. The number of hydrogen-bond acceptors (Lipinski definition) is 11. The Morgan fingerprint density at radius 2 is 1.70 bits per heavy atom. The van der Waals surface area contributed by atoms with Gasteiger partial charge in [-0.2, -0.15) is 0 Å². The fourth-order valence-corrected chi connectivity index (χ4v) is 9.22. The number of rotatable bonds is 20. The van der Waals surface area contributed by atoms with Gasteiger partial charge in [-0.25, -0.2) is 15.0 Å². The summed E-state index contributed by atoms with van der Waals surface area (Å²) >= 11 is 5.15. The molecule has 1 aliphatic rings. The number of amides is 3. The van der Waals surface area contributed by atoms with E-state index in [-0.39, 0.29) is 43.3 Å². The molecule has 0 unspecified atom stereocenters. The van der Waals surface area contributed by atoms with Crippen LogP contribution in [0.2, 0.25) is 0 Å². The van der Waals surface area contributed by atoms with Crippen molar-refractivity contribution in [3.05, 3.63) is 93.3 Å². The molecule has 0 saturated carbocycles. The van der Waals surface area contributed by atoms with E-state index in [0.717, 1.165) is 80.6 Å². The molecule has 1 fully saturated rings. The maximum absolute atomic E-state index is 14.0. The van der Waals surface area contributed by atoms with Gasteiger partial charge < -0.3 is 35.4 Å². The van der Waals surface area contributed by atoms with Crippen LogP contribution in [0.25, 0.3) is 21.3 Å². The van der Waals surface area contributed by atoms with Crippen LogP contribution in [-0.2, 0) is 20.9 Å². The Labute approximate surface area is 389 Å². The van der Waals surface area contributed by atoms with Crippen molar-refractivity contribution < 1.29 is 29.0 Å². The number of nitrogens with one attached hydrogen (secondary N) is 3. The van der Waals surface area contributed by atoms with E-state index < -0.39 is 23.6 Å². The number of ether oxygens (including phenoxy) is 2. The predicted molar refractivity (Wildman–Crippen MR) is 256 cm³/mol. The smallest absolute Gasteiger partial charge is 0.246 e. The van der Waals surface area contributed by atoms with Gasteiger partial charge in [0, 0.05) is 41.9 Å². The van der Waals surface area contributed by atoms with Gasteiger partial charge in [0.05, 0.1) is 47.5 Å². The number of aryl methyl sites for hydroxylation is 2. The number of halogens is 1. The van der Waals surface area contributed by atoms with Crippen LogP contribution in [0.5, 0.6) is 11.5 Å². The number of carbonyl (C=O) groups is 3. The monoisotopic (exact) mass is 955 g/mol. The van der Waals surface area contributed by atoms with E-state index in [4.69, 9.17) is 14.5 Å². The number of likely N-dealkylation sites (tertiary alicyclic amines) is 1. The van der Waals surface area contributed by atoms with Crippen LogP contribution in [0, 0.1) is 19.3 Å². The Balaban J connectivity index is 0.918. The van der Waals surface area contributed by atoms with Crippen LogP contribution in [0.3, 0.4) is 0 Å². The minimum absolute atomic E-state index is 0.0131. The molecule has 0 bridgehead atoms. The second-order valence-electron chi connectivity index (χ2n) is 17.7. The number of methoxy groups -OCH3 is 1. The lowest BCUT2D eigenvalue weighted by atomic mass is 9.85. The lowest BCUT2D eigenvalue weighted by molar-refractivity contribution is -0.144. The second-order valence-corrected chi connectivity index (χ2v) is 19.5. The maximum atomic E-state index is 14.0. The Morgan fingerprint density at radius 1 is 0.969 bits per heavy atom. The Kier molecular flexibility index (Phi) is 16.8. The van der Waals surface area contributed by atoms with Gasteiger partial charge in [0.25, 0.3) is 0 Å². The molecular weight excluding hydrogens is 895 g/mol. The van der Waals surface area contributed by atoms with Crippen molar-refractivity contribution in [1.29, 1.82) is 0 Å². The summed E-state index contributed by atoms with van der Waals surface area (Å²) in [6, 6.07) is 18.3. The summed E-state index contributed by atoms with van der Waals surface area (Å²) < 4.78 is 12.9. The van der Waals surface area contributed by atoms with Crippen molar-refractivity contribution in [3.8, 4) is 21.9 Å². The first-order chi connectivity index (χ1) is 30.6. The van der Waals surface area contributed by atoms with E-state index in [0.29, 0.717) is 36.8 Å². The Hall–Kier alpha value is -5.12. The minimum Gasteiger partial charge on any atom is -0.493 e. The Bertz CT molecular complexity index is 2390. The summed E-state index contributed by atoms with van der Waals surface area (Å²) in [5, 5.41) is 20.9. The van der Waals surface area contributed by atoms with Gasteiger partial charge in [-0.1, -0.05) is 98.8 Å². The van der Waals surface area contributed by atoms with Gasteiger partial charge in [0.1, 0.15) is 23.7 Å². The fourth-order valence-electron chi connectivity index (χ4n) is 7.99. The molecule has 5 aromatic rings. The van der Waals surface area contributed by atoms with E-state index in [1.807, 2.05) is 88.7 Å². The highest BCUT2D eigenvalue weighted by atomic mass is 79.9. The number of thiazole rings is 1. The number of aliphatic hydroxyl groups is 1. The SMILES string of the molecule is COc1cc2c(N[C@H](C)c3cccc(Br)c3)nc(C)nc2cc1OCCCCCCCCC(=O)N[C@H](C(=O)N1C[C@H](O)C[C@H]1C(=O)NCc1ccc(-c2scnc2C)cc1)C(C)(C)C. The summed E-state index contributed by atoms with van der Waals surface area (Å²) in [6.07, 6.45) is 4.98. The summed E-state index contributed by atoms with van der Waals surface area (Å²) in [7, 11) is 1.63.